The molecule has 1 unspecified atom stereocenters. The lowest BCUT2D eigenvalue weighted by Crippen LogP contribution is -2.41. The maximum atomic E-state index is 13.6. The Balaban J connectivity index is 2.12. The number of nitrogens with zero attached hydrogens (tertiary/aromatic N) is 1. The minimum absolute atomic E-state index is 0.0211. The van der Waals surface area contributed by atoms with Crippen LogP contribution in [0.15, 0.2) is 35.9 Å². The highest BCUT2D eigenvalue weighted by molar-refractivity contribution is 6.33. The van der Waals surface area contributed by atoms with Gasteiger partial charge in [-0.2, -0.15) is 13.2 Å². The molecule has 1 aliphatic carbocycles. The van der Waals surface area contributed by atoms with Crippen LogP contribution < -0.4 is 10.6 Å². The number of alkyl halides is 3. The van der Waals surface area contributed by atoms with Gasteiger partial charge in [0.1, 0.15) is 0 Å². The van der Waals surface area contributed by atoms with E-state index in [9.17, 15) is 18.0 Å². The van der Waals surface area contributed by atoms with E-state index in [0.717, 1.165) is 51.3 Å². The highest BCUT2D eigenvalue weighted by Gasteiger charge is 2.35. The monoisotopic (exact) mass is 527 g/mol. The molecule has 4 nitrogen and oxygen atoms in total. The number of anilines is 1. The van der Waals surface area contributed by atoms with Crippen molar-refractivity contribution < 1.29 is 18.0 Å². The molecule has 36 heavy (non-hydrogen) atoms. The van der Waals surface area contributed by atoms with Crippen molar-refractivity contribution in [1.82, 2.24) is 10.2 Å². The van der Waals surface area contributed by atoms with Crippen LogP contribution in [0.1, 0.15) is 70.4 Å². The summed E-state index contributed by atoms with van der Waals surface area (Å²) in [6.45, 7) is 12.5. The summed E-state index contributed by atoms with van der Waals surface area (Å²) in [7, 11) is 1.40. The van der Waals surface area contributed by atoms with E-state index in [-0.39, 0.29) is 22.9 Å². The van der Waals surface area contributed by atoms with Crippen molar-refractivity contribution in [2.24, 2.45) is 0 Å². The molecular formula is C28H41ClF3N3O. The number of allylic oxidation sites excluding steroid dienone is 2. The number of halogens is 4. The minimum Gasteiger partial charge on any atom is -0.386 e. The summed E-state index contributed by atoms with van der Waals surface area (Å²) in [5, 5.41) is 5.65. The number of hydrogen-bond donors (Lipinski definition) is 2. The van der Waals surface area contributed by atoms with Gasteiger partial charge in [-0.1, -0.05) is 43.7 Å². The molecule has 2 rings (SSSR count). The fourth-order valence-corrected chi connectivity index (χ4v) is 5.27. The Kier molecular flexibility index (Phi) is 12.0. The Hall–Kier alpha value is -1.83. The van der Waals surface area contributed by atoms with Crippen molar-refractivity contribution in [1.29, 1.82) is 0 Å². The number of carbonyl (C=O) groups is 1. The van der Waals surface area contributed by atoms with E-state index in [0.29, 0.717) is 30.1 Å². The zero-order chi connectivity index (χ0) is 26.9. The summed E-state index contributed by atoms with van der Waals surface area (Å²) < 4.78 is 40.8. The summed E-state index contributed by atoms with van der Waals surface area (Å²) in [4.78, 5) is 15.8. The van der Waals surface area contributed by atoms with Crippen LogP contribution in [-0.2, 0) is 17.4 Å². The number of benzene rings is 1. The lowest BCUT2D eigenvalue weighted by Gasteiger charge is -2.31. The SMILES string of the molecule is C=C(CCN(CCC)C1CCC=C(C)CC1)C(=O)[C@@H](Cc1cc(Cl)c(NC)c(C(F)(F)F)c1)NCC. The molecule has 0 heterocycles. The van der Waals surface area contributed by atoms with Crippen LogP contribution in [0.4, 0.5) is 18.9 Å². The molecule has 0 fully saturated rings. The van der Waals surface area contributed by atoms with Crippen molar-refractivity contribution in [3.63, 3.8) is 0 Å². The van der Waals surface area contributed by atoms with E-state index in [2.05, 4.69) is 42.0 Å². The first-order valence-corrected chi connectivity index (χ1v) is 13.3. The second-order valence-corrected chi connectivity index (χ2v) is 10.0. The number of Topliss-reactive ketones (excluding diaryl/α,β-unsaturated/α-hetero) is 1. The van der Waals surface area contributed by atoms with Gasteiger partial charge in [0, 0.05) is 19.6 Å². The van der Waals surface area contributed by atoms with Crippen LogP contribution in [0.5, 0.6) is 0 Å². The van der Waals surface area contributed by atoms with E-state index in [1.54, 1.807) is 0 Å². The van der Waals surface area contributed by atoms with E-state index >= 15 is 0 Å². The van der Waals surface area contributed by atoms with Crippen LogP contribution in [0.3, 0.4) is 0 Å². The molecular weight excluding hydrogens is 487 g/mol. The van der Waals surface area contributed by atoms with Crippen LogP contribution >= 0.6 is 11.6 Å². The molecule has 1 aromatic carbocycles. The highest BCUT2D eigenvalue weighted by atomic mass is 35.5. The Morgan fingerprint density at radius 1 is 1.25 bits per heavy atom. The Labute approximate surface area is 219 Å². The summed E-state index contributed by atoms with van der Waals surface area (Å²) in [6, 6.07) is 2.39. The van der Waals surface area contributed by atoms with Crippen LogP contribution in [0.2, 0.25) is 5.02 Å². The third-order valence-electron chi connectivity index (χ3n) is 6.85. The first-order valence-electron chi connectivity index (χ1n) is 12.9. The van der Waals surface area contributed by atoms with E-state index in [4.69, 9.17) is 11.6 Å². The fraction of sp³-hybridized carbons (Fsp3) is 0.607. The topological polar surface area (TPSA) is 44.4 Å². The number of rotatable bonds is 13. The van der Waals surface area contributed by atoms with Crippen LogP contribution in [0.25, 0.3) is 0 Å². The molecule has 0 aromatic heterocycles. The molecule has 0 saturated carbocycles. The fourth-order valence-electron chi connectivity index (χ4n) is 4.94. The molecule has 8 heteroatoms. The Bertz CT molecular complexity index is 929. The second kappa shape index (κ2) is 14.2. The molecule has 2 N–H and O–H groups in total. The number of likely N-dealkylation sites (N-methyl/N-ethyl adjacent to an activating group) is 1. The van der Waals surface area contributed by atoms with Crippen molar-refractivity contribution in [3.05, 3.63) is 52.1 Å². The maximum absolute atomic E-state index is 13.6. The van der Waals surface area contributed by atoms with Gasteiger partial charge in [-0.05, 0) is 88.2 Å². The summed E-state index contributed by atoms with van der Waals surface area (Å²) in [6.07, 6.45) is 3.85. The van der Waals surface area contributed by atoms with Gasteiger partial charge in [-0.3, -0.25) is 4.79 Å². The average molecular weight is 528 g/mol. The first-order chi connectivity index (χ1) is 17.0. The second-order valence-electron chi connectivity index (χ2n) is 9.64. The van der Waals surface area contributed by atoms with Crippen molar-refractivity contribution in [2.45, 2.75) is 84.0 Å². The molecule has 0 spiro atoms. The van der Waals surface area contributed by atoms with Crippen molar-refractivity contribution in [3.8, 4) is 0 Å². The molecule has 1 aromatic rings. The number of ketones is 1. The third-order valence-corrected chi connectivity index (χ3v) is 7.15. The molecule has 202 valence electrons. The Morgan fingerprint density at radius 2 is 1.97 bits per heavy atom. The molecule has 2 atom stereocenters. The standard InChI is InChI=1S/C28H41ClF3N3O/c1-6-14-35(22-10-8-9-19(3)11-12-22)15-13-20(4)27(36)25(34-7-2)18-21-16-23(28(30,31)32)26(33-5)24(29)17-21/h9,16-17,22,25,33-34H,4,6-8,10-15,18H2,1-3,5H3/t22?,25-/m1/s1. The summed E-state index contributed by atoms with van der Waals surface area (Å²) in [5.41, 5.74) is 1.30. The van der Waals surface area contributed by atoms with Gasteiger partial charge in [-0.25, -0.2) is 0 Å². The van der Waals surface area contributed by atoms with E-state index in [1.807, 2.05) is 6.92 Å². The smallest absolute Gasteiger partial charge is 0.386 e. The largest absolute Gasteiger partial charge is 0.418 e. The summed E-state index contributed by atoms with van der Waals surface area (Å²) in [5.74, 6) is -0.158. The predicted octanol–water partition coefficient (Wildman–Crippen LogP) is 7.04. The normalized spacial score (nSPS) is 17.5. The van der Waals surface area contributed by atoms with Gasteiger partial charge < -0.3 is 15.5 Å². The molecule has 0 bridgehead atoms. The van der Waals surface area contributed by atoms with Crippen LogP contribution in [0, 0.1) is 0 Å². The molecule has 1 aliphatic rings. The van der Waals surface area contributed by atoms with Gasteiger partial charge in [-0.15, -0.1) is 0 Å². The molecule has 0 amide bonds. The first kappa shape index (κ1) is 30.4. The van der Waals surface area contributed by atoms with E-state index in [1.165, 1.54) is 18.7 Å². The predicted molar refractivity (Wildman–Crippen MR) is 144 cm³/mol. The van der Waals surface area contributed by atoms with Crippen molar-refractivity contribution >= 4 is 23.1 Å². The quantitative estimate of drug-likeness (QED) is 0.213. The van der Waals surface area contributed by atoms with Crippen molar-refractivity contribution in [2.75, 3.05) is 32.0 Å². The molecule has 0 saturated heterocycles. The van der Waals surface area contributed by atoms with E-state index < -0.39 is 17.8 Å². The lowest BCUT2D eigenvalue weighted by molar-refractivity contribution is -0.137. The maximum Gasteiger partial charge on any atom is 0.418 e. The molecule has 0 radical (unpaired) electrons. The van der Waals surface area contributed by atoms with Gasteiger partial charge in [0.05, 0.1) is 22.3 Å². The average Bonchev–Trinajstić information content (AvgIpc) is 3.04. The third kappa shape index (κ3) is 8.63. The zero-order valence-corrected chi connectivity index (χ0v) is 22.8. The van der Waals surface area contributed by atoms with Gasteiger partial charge in [0.25, 0.3) is 0 Å². The summed E-state index contributed by atoms with van der Waals surface area (Å²) >= 11 is 6.16. The zero-order valence-electron chi connectivity index (χ0n) is 22.0. The van der Waals surface area contributed by atoms with Gasteiger partial charge in [0.15, 0.2) is 5.78 Å². The highest BCUT2D eigenvalue weighted by Crippen LogP contribution is 2.39. The number of carbonyl (C=O) groups excluding carboxylic acids is 1. The van der Waals surface area contributed by atoms with Crippen LogP contribution in [-0.4, -0.2) is 49.4 Å². The van der Waals surface area contributed by atoms with Gasteiger partial charge in [0.2, 0.25) is 0 Å². The van der Waals surface area contributed by atoms with Gasteiger partial charge >= 0.3 is 6.18 Å². The lowest BCUT2D eigenvalue weighted by atomic mass is 9.94. The molecule has 0 aliphatic heterocycles. The number of nitrogens with one attached hydrogen (secondary N) is 2. The number of hydrogen-bond acceptors (Lipinski definition) is 4. The Morgan fingerprint density at radius 3 is 2.58 bits per heavy atom. The minimum atomic E-state index is -4.56.